The van der Waals surface area contributed by atoms with Gasteiger partial charge in [0.05, 0.1) is 19.7 Å². The zero-order valence-corrected chi connectivity index (χ0v) is 23.9. The van der Waals surface area contributed by atoms with E-state index >= 15 is 0 Å². The van der Waals surface area contributed by atoms with Crippen LogP contribution < -0.4 is 15.4 Å². The van der Waals surface area contributed by atoms with Crippen LogP contribution in [0.25, 0.3) is 11.0 Å². The SMILES string of the molecule is COc1ccc2oc(C(=O)NC3(C(=O)N[C@H]4C[C@H](C)CN(S(=O)(=O)c5ccccn5)CC4=O)CCCCC3)cc2c1. The second-order valence-corrected chi connectivity index (χ2v) is 12.8. The van der Waals surface area contributed by atoms with Gasteiger partial charge in [0, 0.05) is 18.1 Å². The van der Waals surface area contributed by atoms with E-state index < -0.39 is 39.2 Å². The summed E-state index contributed by atoms with van der Waals surface area (Å²) >= 11 is 0. The maximum Gasteiger partial charge on any atom is 0.287 e. The van der Waals surface area contributed by atoms with Crippen LogP contribution in [0.3, 0.4) is 0 Å². The molecule has 218 valence electrons. The molecule has 12 heteroatoms. The Labute approximate surface area is 238 Å². The Hall–Kier alpha value is -3.77. The summed E-state index contributed by atoms with van der Waals surface area (Å²) in [6.07, 6.45) is 4.87. The fourth-order valence-corrected chi connectivity index (χ4v) is 7.12. The number of nitrogens with one attached hydrogen (secondary N) is 2. The lowest BCUT2D eigenvalue weighted by molar-refractivity contribution is -0.132. The molecule has 11 nitrogen and oxygen atoms in total. The number of Topliss-reactive ketones (excluding diaryl/α,β-unsaturated/α-hetero) is 1. The maximum absolute atomic E-state index is 13.8. The number of carbonyl (C=O) groups is 3. The number of carbonyl (C=O) groups excluding carboxylic acids is 3. The predicted molar refractivity (Wildman–Crippen MR) is 150 cm³/mol. The molecule has 1 aliphatic heterocycles. The number of furan rings is 1. The number of pyridine rings is 1. The van der Waals surface area contributed by atoms with Crippen molar-refractivity contribution in [3.8, 4) is 5.75 Å². The predicted octanol–water partition coefficient (Wildman–Crippen LogP) is 3.05. The van der Waals surface area contributed by atoms with Crippen molar-refractivity contribution in [1.29, 1.82) is 0 Å². The van der Waals surface area contributed by atoms with E-state index in [-0.39, 0.29) is 36.2 Å². The first-order chi connectivity index (χ1) is 19.6. The van der Waals surface area contributed by atoms with E-state index in [4.69, 9.17) is 9.15 Å². The largest absolute Gasteiger partial charge is 0.497 e. The van der Waals surface area contributed by atoms with Gasteiger partial charge in [-0.15, -0.1) is 0 Å². The molecule has 5 rings (SSSR count). The van der Waals surface area contributed by atoms with Crippen LogP contribution in [0.1, 0.15) is 56.0 Å². The second kappa shape index (κ2) is 11.6. The summed E-state index contributed by atoms with van der Waals surface area (Å²) in [4.78, 5) is 44.4. The van der Waals surface area contributed by atoms with Gasteiger partial charge < -0.3 is 19.8 Å². The highest BCUT2D eigenvalue weighted by atomic mass is 32.2. The summed E-state index contributed by atoms with van der Waals surface area (Å²) in [5.41, 5.74) is -0.706. The Morgan fingerprint density at radius 1 is 1.12 bits per heavy atom. The molecule has 2 aliphatic rings. The van der Waals surface area contributed by atoms with E-state index in [1.807, 2.05) is 6.92 Å². The molecule has 1 saturated heterocycles. The van der Waals surface area contributed by atoms with Gasteiger partial charge in [0.25, 0.3) is 15.9 Å². The van der Waals surface area contributed by atoms with Crippen molar-refractivity contribution in [2.75, 3.05) is 20.2 Å². The molecule has 2 amide bonds. The molecule has 3 heterocycles. The van der Waals surface area contributed by atoms with Crippen LogP contribution in [0.2, 0.25) is 0 Å². The molecular weight excluding hydrogens is 548 g/mol. The van der Waals surface area contributed by atoms with Crippen LogP contribution >= 0.6 is 0 Å². The number of hydrogen-bond donors (Lipinski definition) is 2. The van der Waals surface area contributed by atoms with Crippen molar-refractivity contribution in [2.24, 2.45) is 5.92 Å². The van der Waals surface area contributed by atoms with E-state index in [1.54, 1.807) is 43.5 Å². The molecule has 41 heavy (non-hydrogen) atoms. The zero-order chi connectivity index (χ0) is 29.2. The number of rotatable bonds is 7. The van der Waals surface area contributed by atoms with Gasteiger partial charge in [0.2, 0.25) is 5.91 Å². The van der Waals surface area contributed by atoms with Crippen molar-refractivity contribution >= 4 is 38.6 Å². The lowest BCUT2D eigenvalue weighted by Gasteiger charge is -2.37. The average molecular weight is 583 g/mol. The first-order valence-corrected chi connectivity index (χ1v) is 15.2. The Morgan fingerprint density at radius 3 is 2.61 bits per heavy atom. The van der Waals surface area contributed by atoms with Crippen LogP contribution in [0.15, 0.2) is 58.1 Å². The number of amides is 2. The number of nitrogens with zero attached hydrogens (tertiary/aromatic N) is 2. The normalized spacial score (nSPS) is 21.7. The highest BCUT2D eigenvalue weighted by Crippen LogP contribution is 2.31. The van der Waals surface area contributed by atoms with E-state index in [2.05, 4.69) is 15.6 Å². The smallest absolute Gasteiger partial charge is 0.287 e. The van der Waals surface area contributed by atoms with E-state index in [9.17, 15) is 22.8 Å². The average Bonchev–Trinajstić information content (AvgIpc) is 3.34. The van der Waals surface area contributed by atoms with Crippen molar-refractivity contribution in [2.45, 2.75) is 62.1 Å². The fourth-order valence-electron chi connectivity index (χ4n) is 5.66. The van der Waals surface area contributed by atoms with Gasteiger partial charge in [-0.05, 0) is 61.6 Å². The molecule has 2 atom stereocenters. The lowest BCUT2D eigenvalue weighted by atomic mass is 9.80. The highest BCUT2D eigenvalue weighted by molar-refractivity contribution is 7.89. The summed E-state index contributed by atoms with van der Waals surface area (Å²) in [7, 11) is -2.43. The topological polar surface area (TPSA) is 148 Å². The molecule has 0 radical (unpaired) electrons. The highest BCUT2D eigenvalue weighted by Gasteiger charge is 2.44. The molecule has 0 bridgehead atoms. The maximum atomic E-state index is 13.8. The van der Waals surface area contributed by atoms with Gasteiger partial charge >= 0.3 is 0 Å². The van der Waals surface area contributed by atoms with Crippen molar-refractivity contribution in [3.05, 3.63) is 54.4 Å². The van der Waals surface area contributed by atoms with E-state index in [0.29, 0.717) is 29.6 Å². The fraction of sp³-hybridized carbons (Fsp3) is 0.448. The lowest BCUT2D eigenvalue weighted by Crippen LogP contribution is -2.62. The summed E-state index contributed by atoms with van der Waals surface area (Å²) in [6, 6.07) is 10.5. The Morgan fingerprint density at radius 2 is 1.90 bits per heavy atom. The monoisotopic (exact) mass is 582 g/mol. The molecule has 1 aliphatic carbocycles. The standard InChI is InChI=1S/C29H34N4O7S/c1-19-14-22(23(34)18-33(17-19)41(37,38)26-8-4-7-13-30-26)31-28(36)29(11-5-3-6-12-29)32-27(35)25-16-20-15-21(39-2)9-10-24(20)40-25/h4,7-10,13,15-16,19,22H,3,5-6,11-12,14,17-18H2,1-2H3,(H,31,36)(H,32,35)/t19-,22-/m0/s1. The first kappa shape index (κ1) is 28.7. The van der Waals surface area contributed by atoms with Crippen LogP contribution in [-0.2, 0) is 19.6 Å². The minimum absolute atomic E-state index is 0.0699. The molecule has 1 saturated carbocycles. The van der Waals surface area contributed by atoms with Crippen molar-refractivity contribution in [1.82, 2.24) is 19.9 Å². The van der Waals surface area contributed by atoms with E-state index in [0.717, 1.165) is 23.6 Å². The first-order valence-electron chi connectivity index (χ1n) is 13.8. The number of ether oxygens (including phenoxy) is 1. The number of sulfonamides is 1. The van der Waals surface area contributed by atoms with Crippen LogP contribution in [-0.4, -0.2) is 67.1 Å². The summed E-state index contributed by atoms with van der Waals surface area (Å²) in [6.45, 7) is 1.58. The van der Waals surface area contributed by atoms with Crippen molar-refractivity contribution in [3.63, 3.8) is 0 Å². The van der Waals surface area contributed by atoms with Gasteiger partial charge in [0.1, 0.15) is 16.9 Å². The van der Waals surface area contributed by atoms with Gasteiger partial charge in [-0.25, -0.2) is 13.4 Å². The third kappa shape index (κ3) is 5.98. The van der Waals surface area contributed by atoms with Gasteiger partial charge in [0.15, 0.2) is 16.6 Å². The number of methoxy groups -OCH3 is 1. The molecule has 0 unspecified atom stereocenters. The molecular formula is C29H34N4O7S. The third-order valence-corrected chi connectivity index (χ3v) is 9.59. The van der Waals surface area contributed by atoms with Crippen molar-refractivity contribution < 1.29 is 32.0 Å². The Balaban J connectivity index is 1.33. The zero-order valence-electron chi connectivity index (χ0n) is 23.1. The minimum atomic E-state index is -3.98. The third-order valence-electron chi connectivity index (χ3n) is 7.86. The quantitative estimate of drug-likeness (QED) is 0.432. The van der Waals surface area contributed by atoms with E-state index in [1.165, 1.54) is 12.3 Å². The molecule has 2 aromatic heterocycles. The second-order valence-electron chi connectivity index (χ2n) is 10.9. The summed E-state index contributed by atoms with van der Waals surface area (Å²) in [5, 5.41) is 6.36. The molecule has 2 fully saturated rings. The molecule has 2 N–H and O–H groups in total. The van der Waals surface area contributed by atoms with Gasteiger partial charge in [-0.1, -0.05) is 32.3 Å². The number of benzene rings is 1. The molecule has 3 aromatic rings. The number of fused-ring (bicyclic) bond motifs is 1. The summed E-state index contributed by atoms with van der Waals surface area (Å²) < 4.78 is 38.5. The summed E-state index contributed by atoms with van der Waals surface area (Å²) in [5.74, 6) is -0.900. The number of ketones is 1. The number of hydrogen-bond acceptors (Lipinski definition) is 8. The van der Waals surface area contributed by atoms with Crippen LogP contribution in [0.5, 0.6) is 5.75 Å². The number of aromatic nitrogens is 1. The Kier molecular flexibility index (Phi) is 8.14. The van der Waals surface area contributed by atoms with Gasteiger partial charge in [-0.3, -0.25) is 14.4 Å². The molecule has 1 aromatic carbocycles. The van der Waals surface area contributed by atoms with Gasteiger partial charge in [-0.2, -0.15) is 4.31 Å². The van der Waals surface area contributed by atoms with Crippen LogP contribution in [0.4, 0.5) is 0 Å². The Bertz CT molecular complexity index is 1550. The van der Waals surface area contributed by atoms with Crippen LogP contribution in [0, 0.1) is 5.92 Å². The molecule has 0 spiro atoms. The minimum Gasteiger partial charge on any atom is -0.497 e.